The average Bonchev–Trinajstić information content (AvgIpc) is 3.66. The molecule has 396 valence electrons. The number of alkyl halides is 2. The zero-order valence-electron chi connectivity index (χ0n) is 40.2. The van der Waals surface area contributed by atoms with Gasteiger partial charge in [-0.1, -0.05) is 36.4 Å². The molecule has 0 radical (unpaired) electrons. The molecular formula is C44H58F2N6O18P2. The first kappa shape index (κ1) is 57.2. The molecule has 2 aromatic heterocycles. The number of H-pyrrole nitrogens is 2. The summed E-state index contributed by atoms with van der Waals surface area (Å²) in [6.45, 7) is 10.1. The zero-order chi connectivity index (χ0) is 53.3. The molecule has 2 saturated heterocycles. The fourth-order valence-corrected chi connectivity index (χ4v) is 9.94. The summed E-state index contributed by atoms with van der Waals surface area (Å²) in [5.74, 6) is -1.12. The van der Waals surface area contributed by atoms with E-state index in [-0.39, 0.29) is 11.5 Å². The summed E-state index contributed by atoms with van der Waals surface area (Å²) in [6.07, 6.45) is -8.42. The third-order valence-corrected chi connectivity index (χ3v) is 13.8. The molecule has 6 N–H and O–H groups in total. The van der Waals surface area contributed by atoms with Crippen molar-refractivity contribution >= 4 is 27.4 Å². The van der Waals surface area contributed by atoms with Crippen molar-refractivity contribution in [3.8, 4) is 11.5 Å². The van der Waals surface area contributed by atoms with Gasteiger partial charge >= 0.3 is 38.8 Å². The fourth-order valence-electron chi connectivity index (χ4n) is 6.94. The Kier molecular flexibility index (Phi) is 19.0. The number of para-hydroxylation sites is 2. The maximum absolute atomic E-state index is 15.4. The first-order valence-corrected chi connectivity index (χ1v) is 25.4. The summed E-state index contributed by atoms with van der Waals surface area (Å²) in [7, 11) is -8.61. The van der Waals surface area contributed by atoms with Crippen LogP contribution < -0.4 is 41.7 Å². The van der Waals surface area contributed by atoms with E-state index in [4.69, 9.17) is 37.0 Å². The summed E-state index contributed by atoms with van der Waals surface area (Å²) < 4.78 is 103. The number of nitrogens with one attached hydrogen (secondary N) is 4. The number of rotatable bonds is 20. The van der Waals surface area contributed by atoms with Crippen LogP contribution in [-0.4, -0.2) is 115 Å². The number of benzene rings is 2. The molecule has 0 aliphatic carbocycles. The van der Waals surface area contributed by atoms with Crippen molar-refractivity contribution < 1.29 is 74.8 Å². The standard InChI is InChI=1S/2C22H29FN3O9P/c2*1-13(2)33-19(29)14(3)25-36(31,35-15-8-6-5-7-9-15)32-12-16-18(28)22(4,23)20(34-16)26-11-10-17(27)24-21(26)30/h2*5-11,13-14,16,18,20,28H,12H2,1-4H3,(H,25,31)(H,24,27,30)/t14-,16?,18+,20+,22+,36?;14-,16?,18-,20-,22-,36?/m01/s1. The van der Waals surface area contributed by atoms with Gasteiger partial charge in [-0.2, -0.15) is 10.2 Å². The molecule has 4 aromatic rings. The Balaban J connectivity index is 0.000000267. The van der Waals surface area contributed by atoms with Crippen molar-refractivity contribution in [2.24, 2.45) is 0 Å². The van der Waals surface area contributed by atoms with Crippen molar-refractivity contribution in [1.29, 1.82) is 0 Å². The monoisotopic (exact) mass is 1060 g/mol. The van der Waals surface area contributed by atoms with Crippen LogP contribution in [-0.2, 0) is 46.7 Å². The van der Waals surface area contributed by atoms with Gasteiger partial charge in [0.05, 0.1) is 25.4 Å². The van der Waals surface area contributed by atoms with Gasteiger partial charge in [-0.05, 0) is 79.7 Å². The van der Waals surface area contributed by atoms with Crippen LogP contribution in [0.5, 0.6) is 11.5 Å². The largest absolute Gasteiger partial charge is 0.462 e. The highest BCUT2D eigenvalue weighted by atomic mass is 31.2. The normalized spacial score (nSPS) is 26.4. The summed E-state index contributed by atoms with van der Waals surface area (Å²) in [5.41, 5.74) is -8.23. The molecule has 4 unspecified atom stereocenters. The van der Waals surface area contributed by atoms with E-state index in [1.54, 1.807) is 64.1 Å². The van der Waals surface area contributed by atoms with Gasteiger partial charge in [0.2, 0.25) is 0 Å². The summed E-state index contributed by atoms with van der Waals surface area (Å²) in [5, 5.41) is 26.1. The van der Waals surface area contributed by atoms with Crippen molar-refractivity contribution in [2.75, 3.05) is 13.2 Å². The third-order valence-electron chi connectivity index (χ3n) is 10.5. The van der Waals surface area contributed by atoms with E-state index >= 15 is 8.78 Å². The number of esters is 2. The number of hydrogen-bond donors (Lipinski definition) is 6. The van der Waals surface area contributed by atoms with Crippen LogP contribution in [0.25, 0.3) is 0 Å². The Labute approximate surface area is 410 Å². The van der Waals surface area contributed by atoms with E-state index in [1.165, 1.54) is 38.1 Å². The molecule has 0 spiro atoms. The minimum absolute atomic E-state index is 0.152. The molecule has 12 atom stereocenters. The van der Waals surface area contributed by atoms with Crippen LogP contribution in [0.4, 0.5) is 8.78 Å². The lowest BCUT2D eigenvalue weighted by molar-refractivity contribution is -0.150. The number of carbonyl (C=O) groups excluding carboxylic acids is 2. The number of aromatic nitrogens is 4. The van der Waals surface area contributed by atoms with Gasteiger partial charge in [0, 0.05) is 24.5 Å². The average molecular weight is 1060 g/mol. The van der Waals surface area contributed by atoms with Crippen molar-refractivity contribution in [1.82, 2.24) is 29.3 Å². The van der Waals surface area contributed by atoms with Crippen LogP contribution >= 0.6 is 15.5 Å². The SMILES string of the molecule is CC(C)OC(=O)[C@@H](C)NP(=O)(OCC1O[C@@H](n2ccc(=O)[nH]c2=O)[C@](C)(F)[C@@H]1O)Oc1ccccc1.CC(C)OC(=O)[C@H](C)NP(=O)(OCC1O[C@@H](n2ccc(=O)[nH]c2=O)[C@](C)(F)[C@@H]1O)Oc1ccccc1. The summed E-state index contributed by atoms with van der Waals surface area (Å²) >= 11 is 0. The van der Waals surface area contributed by atoms with E-state index in [0.29, 0.717) is 0 Å². The quantitative estimate of drug-likeness (QED) is 0.0546. The van der Waals surface area contributed by atoms with Gasteiger partial charge in [-0.15, -0.1) is 0 Å². The van der Waals surface area contributed by atoms with E-state index < -0.39 is 136 Å². The number of carbonyl (C=O) groups is 2. The maximum atomic E-state index is 15.4. The van der Waals surface area contributed by atoms with Crippen LogP contribution in [0, 0.1) is 0 Å². The smallest absolute Gasteiger partial charge is 0.459 e. The van der Waals surface area contributed by atoms with Crippen molar-refractivity contribution in [2.45, 2.75) is 128 Å². The lowest BCUT2D eigenvalue weighted by atomic mass is 9.98. The van der Waals surface area contributed by atoms with Gasteiger partial charge in [0.1, 0.15) is 48.0 Å². The molecule has 24 nitrogen and oxygen atoms in total. The number of hydrogen-bond acceptors (Lipinski definition) is 18. The number of halogens is 2. The highest BCUT2D eigenvalue weighted by molar-refractivity contribution is 7.52. The Morgan fingerprint density at radius 3 is 1.28 bits per heavy atom. The predicted octanol–water partition coefficient (Wildman–Crippen LogP) is 3.31. The topological polar surface area (TPSA) is 316 Å². The molecule has 0 saturated carbocycles. The lowest BCUT2D eigenvalue weighted by Crippen LogP contribution is -2.43. The lowest BCUT2D eigenvalue weighted by Gasteiger charge is -2.25. The predicted molar refractivity (Wildman–Crippen MR) is 250 cm³/mol. The molecule has 72 heavy (non-hydrogen) atoms. The first-order chi connectivity index (χ1) is 33.6. The fraction of sp³-hybridized carbons (Fsp3) is 0.500. The molecule has 2 aromatic carbocycles. The second kappa shape index (κ2) is 23.9. The molecule has 2 aliphatic heterocycles. The molecule has 6 rings (SSSR count). The van der Waals surface area contributed by atoms with E-state index in [0.717, 1.165) is 47.5 Å². The van der Waals surface area contributed by atoms with E-state index in [1.807, 2.05) is 9.97 Å². The minimum Gasteiger partial charge on any atom is -0.462 e. The Hall–Kier alpha value is -5.66. The second-order valence-corrected chi connectivity index (χ2v) is 20.7. The van der Waals surface area contributed by atoms with Gasteiger partial charge in [0.25, 0.3) is 11.1 Å². The molecule has 0 bridgehead atoms. The Morgan fingerprint density at radius 2 is 0.972 bits per heavy atom. The van der Waals surface area contributed by atoms with Crippen LogP contribution in [0.3, 0.4) is 0 Å². The Morgan fingerprint density at radius 1 is 0.639 bits per heavy atom. The zero-order valence-corrected chi connectivity index (χ0v) is 42.0. The molecule has 0 amide bonds. The third kappa shape index (κ3) is 14.7. The number of nitrogens with zero attached hydrogens (tertiary/aromatic N) is 2. The highest BCUT2D eigenvalue weighted by Gasteiger charge is 2.57. The highest BCUT2D eigenvalue weighted by Crippen LogP contribution is 2.49. The molecule has 2 fully saturated rings. The van der Waals surface area contributed by atoms with E-state index in [2.05, 4.69) is 10.2 Å². The van der Waals surface area contributed by atoms with Gasteiger partial charge in [-0.3, -0.25) is 47.3 Å². The van der Waals surface area contributed by atoms with Gasteiger partial charge in [0.15, 0.2) is 23.8 Å². The summed E-state index contributed by atoms with van der Waals surface area (Å²) in [4.78, 5) is 75.4. The van der Waals surface area contributed by atoms with Crippen LogP contribution in [0.15, 0.2) is 104 Å². The molecule has 2 aliphatic rings. The molecule has 28 heteroatoms. The molecule has 4 heterocycles. The Bertz CT molecular complexity index is 2620. The minimum atomic E-state index is -4.30. The second-order valence-electron chi connectivity index (χ2n) is 17.3. The van der Waals surface area contributed by atoms with E-state index in [9.17, 15) is 48.1 Å². The van der Waals surface area contributed by atoms with Crippen LogP contribution in [0.2, 0.25) is 0 Å². The number of aromatic amines is 2. The summed E-state index contributed by atoms with van der Waals surface area (Å²) in [6, 6.07) is 15.7. The number of aliphatic hydroxyl groups excluding tert-OH is 2. The number of aliphatic hydroxyl groups is 2. The first-order valence-electron chi connectivity index (χ1n) is 22.3. The van der Waals surface area contributed by atoms with Gasteiger partial charge < -0.3 is 38.2 Å². The van der Waals surface area contributed by atoms with Gasteiger partial charge in [-0.25, -0.2) is 27.5 Å². The van der Waals surface area contributed by atoms with Crippen molar-refractivity contribution in [3.63, 3.8) is 0 Å². The molecular weight excluding hydrogens is 1000 g/mol. The maximum Gasteiger partial charge on any atom is 0.459 e. The van der Waals surface area contributed by atoms with Crippen molar-refractivity contribution in [3.05, 3.63) is 127 Å². The van der Waals surface area contributed by atoms with Crippen LogP contribution in [0.1, 0.15) is 67.8 Å². The number of ether oxygens (including phenoxy) is 4.